The van der Waals surface area contributed by atoms with Crippen LogP contribution in [0.25, 0.3) is 0 Å². The molecule has 0 bridgehead atoms. The maximum Gasteiger partial charge on any atom is 0.119 e. The molecular formula is C14H17ClO. The molecule has 0 heterocycles. The van der Waals surface area contributed by atoms with E-state index < -0.39 is 0 Å². The van der Waals surface area contributed by atoms with E-state index in [4.69, 9.17) is 16.3 Å². The van der Waals surface area contributed by atoms with Gasteiger partial charge in [-0.2, -0.15) is 0 Å². The molecule has 0 N–H and O–H groups in total. The second kappa shape index (κ2) is 4.29. The van der Waals surface area contributed by atoms with Crippen LogP contribution in [0.2, 0.25) is 0 Å². The topological polar surface area (TPSA) is 9.23 Å². The number of hydrogen-bond acceptors (Lipinski definition) is 1. The zero-order valence-corrected chi connectivity index (χ0v) is 10.1. The molecule has 86 valence electrons. The summed E-state index contributed by atoms with van der Waals surface area (Å²) in [6, 6.07) is 8.55. The molecule has 0 saturated heterocycles. The van der Waals surface area contributed by atoms with Gasteiger partial charge in [-0.1, -0.05) is 18.6 Å². The lowest BCUT2D eigenvalue weighted by molar-refractivity contribution is 0.303. The van der Waals surface area contributed by atoms with Gasteiger partial charge >= 0.3 is 0 Å². The van der Waals surface area contributed by atoms with Crippen LogP contribution in [0.4, 0.5) is 0 Å². The van der Waals surface area contributed by atoms with E-state index in [2.05, 4.69) is 24.3 Å². The van der Waals surface area contributed by atoms with Crippen molar-refractivity contribution in [2.45, 2.75) is 49.5 Å². The van der Waals surface area contributed by atoms with Crippen molar-refractivity contribution >= 4 is 11.6 Å². The lowest BCUT2D eigenvalue weighted by Gasteiger charge is -2.14. The highest BCUT2D eigenvalue weighted by atomic mass is 35.5. The first-order valence-electron chi connectivity index (χ1n) is 6.23. The highest BCUT2D eigenvalue weighted by Crippen LogP contribution is 2.38. The second-order valence-corrected chi connectivity index (χ2v) is 5.50. The Morgan fingerprint density at radius 2 is 1.75 bits per heavy atom. The monoisotopic (exact) mass is 236 g/mol. The smallest absolute Gasteiger partial charge is 0.119 e. The molecular weight excluding hydrogens is 220 g/mol. The van der Waals surface area contributed by atoms with Gasteiger partial charge in [-0.05, 0) is 43.4 Å². The van der Waals surface area contributed by atoms with Gasteiger partial charge in [0.15, 0.2) is 0 Å². The Morgan fingerprint density at radius 1 is 1.00 bits per heavy atom. The highest BCUT2D eigenvalue weighted by Gasteiger charge is 2.27. The lowest BCUT2D eigenvalue weighted by Crippen LogP contribution is -2.04. The number of alkyl halides is 1. The second-order valence-electron chi connectivity index (χ2n) is 4.94. The predicted octanol–water partition coefficient (Wildman–Crippen LogP) is 4.10. The summed E-state index contributed by atoms with van der Waals surface area (Å²) in [5.41, 5.74) is 1.38. The fourth-order valence-corrected chi connectivity index (χ4v) is 2.89. The molecule has 16 heavy (non-hydrogen) atoms. The third-order valence-electron chi connectivity index (χ3n) is 3.57. The van der Waals surface area contributed by atoms with Gasteiger partial charge in [-0.15, -0.1) is 11.6 Å². The first-order chi connectivity index (χ1) is 7.83. The minimum atomic E-state index is 0.329. The molecule has 3 rings (SSSR count). The molecule has 1 aromatic carbocycles. The van der Waals surface area contributed by atoms with Gasteiger partial charge in [0.05, 0.1) is 6.10 Å². The third kappa shape index (κ3) is 2.20. The molecule has 2 heteroatoms. The summed E-state index contributed by atoms with van der Waals surface area (Å²) >= 11 is 6.32. The van der Waals surface area contributed by atoms with Gasteiger partial charge in [0.25, 0.3) is 0 Å². The van der Waals surface area contributed by atoms with Gasteiger partial charge in [-0.3, -0.25) is 0 Å². The van der Waals surface area contributed by atoms with E-state index in [-0.39, 0.29) is 0 Å². The zero-order chi connectivity index (χ0) is 11.0. The normalized spacial score (nSPS) is 29.3. The van der Waals surface area contributed by atoms with Crippen LogP contribution in [-0.4, -0.2) is 11.5 Å². The molecule has 2 aliphatic carbocycles. The van der Waals surface area contributed by atoms with Gasteiger partial charge < -0.3 is 4.74 Å². The Bertz CT molecular complexity index is 356. The lowest BCUT2D eigenvalue weighted by atomic mass is 9.97. The van der Waals surface area contributed by atoms with E-state index in [0.29, 0.717) is 17.4 Å². The number of halogens is 1. The fourth-order valence-electron chi connectivity index (χ4n) is 2.46. The average Bonchev–Trinajstić information content (AvgIpc) is 3.00. The van der Waals surface area contributed by atoms with E-state index in [9.17, 15) is 0 Å². The number of ether oxygens (including phenoxy) is 1. The molecule has 0 amide bonds. The molecule has 1 nitrogen and oxygen atoms in total. The Kier molecular flexibility index (Phi) is 2.81. The molecule has 2 unspecified atom stereocenters. The molecule has 0 radical (unpaired) electrons. The van der Waals surface area contributed by atoms with Crippen molar-refractivity contribution in [2.75, 3.05) is 0 Å². The number of hydrogen-bond donors (Lipinski definition) is 0. The van der Waals surface area contributed by atoms with Crippen molar-refractivity contribution in [3.8, 4) is 5.75 Å². The first-order valence-corrected chi connectivity index (χ1v) is 6.67. The summed E-state index contributed by atoms with van der Waals surface area (Å²) in [5.74, 6) is 1.56. The molecule has 2 saturated carbocycles. The first kappa shape index (κ1) is 10.5. The summed E-state index contributed by atoms with van der Waals surface area (Å²) in [6.45, 7) is 0. The maximum absolute atomic E-state index is 6.32. The van der Waals surface area contributed by atoms with Crippen molar-refractivity contribution in [3.63, 3.8) is 0 Å². The van der Waals surface area contributed by atoms with Crippen molar-refractivity contribution in [2.24, 2.45) is 0 Å². The van der Waals surface area contributed by atoms with Crippen LogP contribution >= 0.6 is 11.6 Å². The molecule has 2 fully saturated rings. The average molecular weight is 237 g/mol. The quantitative estimate of drug-likeness (QED) is 0.718. The molecule has 0 aromatic heterocycles. The summed E-state index contributed by atoms with van der Waals surface area (Å²) in [7, 11) is 0. The zero-order valence-electron chi connectivity index (χ0n) is 9.36. The predicted molar refractivity (Wildman–Crippen MR) is 66.3 cm³/mol. The third-order valence-corrected chi connectivity index (χ3v) is 4.09. The molecule has 0 aliphatic heterocycles. The fraction of sp³-hybridized carbons (Fsp3) is 0.571. The van der Waals surface area contributed by atoms with Crippen LogP contribution in [-0.2, 0) is 0 Å². The van der Waals surface area contributed by atoms with Crippen LogP contribution in [0.5, 0.6) is 5.75 Å². The summed E-state index contributed by atoms with van der Waals surface area (Å²) < 4.78 is 5.74. The van der Waals surface area contributed by atoms with Crippen molar-refractivity contribution in [1.29, 1.82) is 0 Å². The van der Waals surface area contributed by atoms with Crippen LogP contribution in [0, 0.1) is 0 Å². The SMILES string of the molecule is ClC1CCCC1c1ccc(OC2CC2)cc1. The van der Waals surface area contributed by atoms with Crippen LogP contribution in [0.15, 0.2) is 24.3 Å². The molecule has 0 spiro atoms. The Hall–Kier alpha value is -0.690. The summed E-state index contributed by atoms with van der Waals surface area (Å²) in [5, 5.41) is 0.329. The maximum atomic E-state index is 6.32. The standard InChI is InChI=1S/C14H17ClO/c15-14-3-1-2-13(14)10-4-6-11(7-5-10)16-12-8-9-12/h4-7,12-14H,1-3,8-9H2. The minimum Gasteiger partial charge on any atom is -0.490 e. The molecule has 2 aliphatic rings. The number of benzene rings is 1. The van der Waals surface area contributed by atoms with Crippen LogP contribution in [0.3, 0.4) is 0 Å². The summed E-state index contributed by atoms with van der Waals surface area (Å²) in [4.78, 5) is 0. The Labute approximate surface area is 102 Å². The highest BCUT2D eigenvalue weighted by molar-refractivity contribution is 6.21. The van der Waals surface area contributed by atoms with Crippen LogP contribution in [0.1, 0.15) is 43.6 Å². The van der Waals surface area contributed by atoms with Crippen molar-refractivity contribution in [1.82, 2.24) is 0 Å². The number of rotatable bonds is 3. The van der Waals surface area contributed by atoms with Crippen molar-refractivity contribution < 1.29 is 4.74 Å². The van der Waals surface area contributed by atoms with Gasteiger partial charge in [-0.25, -0.2) is 0 Å². The Balaban J connectivity index is 1.70. The van der Waals surface area contributed by atoms with E-state index >= 15 is 0 Å². The largest absolute Gasteiger partial charge is 0.490 e. The summed E-state index contributed by atoms with van der Waals surface area (Å²) in [6.07, 6.45) is 6.57. The van der Waals surface area contributed by atoms with Crippen LogP contribution < -0.4 is 4.74 Å². The van der Waals surface area contributed by atoms with E-state index in [1.54, 1.807) is 0 Å². The van der Waals surface area contributed by atoms with Crippen molar-refractivity contribution in [3.05, 3.63) is 29.8 Å². The molecule has 1 aromatic rings. The Morgan fingerprint density at radius 3 is 2.31 bits per heavy atom. The van der Waals surface area contributed by atoms with E-state index in [1.807, 2.05) is 0 Å². The van der Waals surface area contributed by atoms with Gasteiger partial charge in [0, 0.05) is 11.3 Å². The van der Waals surface area contributed by atoms with Gasteiger partial charge in [0.1, 0.15) is 5.75 Å². The van der Waals surface area contributed by atoms with E-state index in [0.717, 1.165) is 12.2 Å². The van der Waals surface area contributed by atoms with E-state index in [1.165, 1.54) is 31.2 Å². The van der Waals surface area contributed by atoms with Gasteiger partial charge in [0.2, 0.25) is 0 Å². The minimum absolute atomic E-state index is 0.329. The molecule has 2 atom stereocenters.